The van der Waals surface area contributed by atoms with Crippen LogP contribution >= 0.6 is 0 Å². The number of aliphatic hydroxyl groups excluding tert-OH is 1. The van der Waals surface area contributed by atoms with Gasteiger partial charge in [-0.3, -0.25) is 4.79 Å². The van der Waals surface area contributed by atoms with Crippen molar-refractivity contribution in [1.29, 1.82) is 0 Å². The Kier molecular flexibility index (Phi) is 4.90. The number of aldehydes is 1. The van der Waals surface area contributed by atoms with Gasteiger partial charge in [0.25, 0.3) is 0 Å². The zero-order chi connectivity index (χ0) is 18.2. The molecule has 1 N–H and O–H groups in total. The Hall–Kier alpha value is -1.84. The van der Waals surface area contributed by atoms with Crippen molar-refractivity contribution in [3.05, 3.63) is 35.4 Å². The number of halogens is 2. The van der Waals surface area contributed by atoms with E-state index in [0.717, 1.165) is 12.1 Å². The van der Waals surface area contributed by atoms with Crippen molar-refractivity contribution in [1.82, 2.24) is 0 Å². The minimum Gasteiger partial charge on any atom is -0.394 e. The Morgan fingerprint density at radius 3 is 2.52 bits per heavy atom. The van der Waals surface area contributed by atoms with Gasteiger partial charge in [0.2, 0.25) is 0 Å². The summed E-state index contributed by atoms with van der Waals surface area (Å²) in [6.45, 7) is -0.190. The largest absolute Gasteiger partial charge is 0.394 e. The van der Waals surface area contributed by atoms with Crippen LogP contribution in [0.3, 0.4) is 0 Å². The van der Waals surface area contributed by atoms with Crippen LogP contribution in [0.15, 0.2) is 18.2 Å². The molecule has 9 heteroatoms. The van der Waals surface area contributed by atoms with E-state index in [1.54, 1.807) is 0 Å². The van der Waals surface area contributed by atoms with Crippen LogP contribution in [-0.4, -0.2) is 56.8 Å². The zero-order valence-electron chi connectivity index (χ0n) is 13.2. The predicted molar refractivity (Wildman–Crippen MR) is 86.8 cm³/mol. The number of carbonyl (C=O) groups is 1. The third-order valence-electron chi connectivity index (χ3n) is 4.31. The van der Waals surface area contributed by atoms with E-state index in [2.05, 4.69) is 0 Å². The maximum absolute atomic E-state index is 14.5. The van der Waals surface area contributed by atoms with Crippen molar-refractivity contribution in [2.24, 2.45) is 0 Å². The summed E-state index contributed by atoms with van der Waals surface area (Å²) in [5, 5.41) is 9.14. The second-order valence-electron chi connectivity index (χ2n) is 6.00. The van der Waals surface area contributed by atoms with Gasteiger partial charge in [0.15, 0.2) is 22.4 Å². The number of sulfone groups is 1. The molecule has 2 aliphatic heterocycles. The molecule has 0 saturated carbocycles. The van der Waals surface area contributed by atoms with Gasteiger partial charge in [0.1, 0.15) is 17.7 Å². The van der Waals surface area contributed by atoms with Crippen molar-refractivity contribution in [3.63, 3.8) is 0 Å². The number of hydrogen-bond acceptors (Lipinski definition) is 6. The quantitative estimate of drug-likeness (QED) is 0.790. The van der Waals surface area contributed by atoms with Crippen molar-refractivity contribution >= 4 is 27.4 Å². The molecule has 2 aliphatic rings. The Bertz CT molecular complexity index is 801. The number of allylic oxidation sites excluding steroid dienone is 1. The predicted octanol–water partition coefficient (Wildman–Crippen LogP) is 0.889. The molecule has 0 aromatic heterocycles. The highest BCUT2D eigenvalue weighted by Gasteiger charge is 2.33. The number of benzene rings is 1. The Morgan fingerprint density at radius 1 is 1.32 bits per heavy atom. The van der Waals surface area contributed by atoms with Crippen LogP contribution in [0.5, 0.6) is 0 Å². The lowest BCUT2D eigenvalue weighted by atomic mass is 10.0. The van der Waals surface area contributed by atoms with E-state index in [0.29, 0.717) is 11.9 Å². The van der Waals surface area contributed by atoms with Gasteiger partial charge in [-0.1, -0.05) is 6.08 Å². The molecule has 0 radical (unpaired) electrons. The number of ether oxygens (including phenoxy) is 1. The zero-order valence-corrected chi connectivity index (χ0v) is 14.0. The molecule has 2 heterocycles. The topological polar surface area (TPSA) is 83.9 Å². The van der Waals surface area contributed by atoms with E-state index >= 15 is 0 Å². The van der Waals surface area contributed by atoms with Crippen molar-refractivity contribution in [2.45, 2.75) is 18.8 Å². The molecule has 1 fully saturated rings. The maximum atomic E-state index is 14.5. The first kappa shape index (κ1) is 18.0. The SMILES string of the molecule is O=CC1O[C@@H](CO)CN1c1cc(F)c(C2=CCS(=O)(=O)CC2)c(F)c1. The average molecular weight is 373 g/mol. The van der Waals surface area contributed by atoms with E-state index in [1.165, 1.54) is 11.0 Å². The molecule has 0 spiro atoms. The van der Waals surface area contributed by atoms with E-state index in [1.807, 2.05) is 0 Å². The van der Waals surface area contributed by atoms with Gasteiger partial charge in [-0.25, -0.2) is 17.2 Å². The van der Waals surface area contributed by atoms with Crippen molar-refractivity contribution < 1.29 is 31.8 Å². The van der Waals surface area contributed by atoms with Crippen LogP contribution in [0, 0.1) is 11.6 Å². The molecule has 6 nitrogen and oxygen atoms in total. The molecule has 3 rings (SSSR count). The van der Waals surface area contributed by atoms with Gasteiger partial charge in [0, 0.05) is 17.8 Å². The standard InChI is InChI=1S/C16H17F2NO5S/c17-13-5-11(19-7-12(8-20)24-15(19)9-21)6-14(18)16(13)10-1-3-25(22,23)4-2-10/h1,5-6,9,12,15,20H,2-4,7-8H2/t12-,15?/m1/s1. The summed E-state index contributed by atoms with van der Waals surface area (Å²) in [6, 6.07) is 2.17. The summed E-state index contributed by atoms with van der Waals surface area (Å²) < 4.78 is 57.2. The molecule has 25 heavy (non-hydrogen) atoms. The Morgan fingerprint density at radius 2 is 2.00 bits per heavy atom. The van der Waals surface area contributed by atoms with Crippen LogP contribution < -0.4 is 4.90 Å². The molecule has 1 unspecified atom stereocenters. The van der Waals surface area contributed by atoms with E-state index in [4.69, 9.17) is 9.84 Å². The summed E-state index contributed by atoms with van der Waals surface area (Å²) in [5.41, 5.74) is 0.185. The lowest BCUT2D eigenvalue weighted by Crippen LogP contribution is -2.31. The van der Waals surface area contributed by atoms with Gasteiger partial charge in [-0.2, -0.15) is 0 Å². The summed E-state index contributed by atoms with van der Waals surface area (Å²) in [6.07, 6.45) is 0.225. The second kappa shape index (κ2) is 6.81. The first-order valence-electron chi connectivity index (χ1n) is 7.72. The number of aliphatic hydroxyl groups is 1. The fourth-order valence-electron chi connectivity index (χ4n) is 3.03. The Labute approximate surface area is 143 Å². The first-order valence-corrected chi connectivity index (χ1v) is 9.54. The molecule has 0 amide bonds. The Balaban J connectivity index is 1.93. The minimum absolute atomic E-state index is 0.0475. The number of nitrogens with zero attached hydrogens (tertiary/aromatic N) is 1. The highest BCUT2D eigenvalue weighted by atomic mass is 32.2. The maximum Gasteiger partial charge on any atom is 0.187 e. The second-order valence-corrected chi connectivity index (χ2v) is 8.23. The molecular formula is C16H17F2NO5S. The lowest BCUT2D eigenvalue weighted by molar-refractivity contribution is -0.117. The molecule has 1 aromatic carbocycles. The summed E-state index contributed by atoms with van der Waals surface area (Å²) in [5.74, 6) is -2.06. The molecular weight excluding hydrogens is 356 g/mol. The van der Waals surface area contributed by atoms with Crippen LogP contribution in [0.25, 0.3) is 5.57 Å². The molecule has 2 atom stereocenters. The van der Waals surface area contributed by atoms with Crippen LogP contribution in [0.2, 0.25) is 0 Å². The molecule has 0 aliphatic carbocycles. The summed E-state index contributed by atoms with van der Waals surface area (Å²) in [4.78, 5) is 12.5. The summed E-state index contributed by atoms with van der Waals surface area (Å²) >= 11 is 0. The molecule has 1 saturated heterocycles. The molecule has 136 valence electrons. The third kappa shape index (κ3) is 3.58. The highest BCUT2D eigenvalue weighted by molar-refractivity contribution is 7.91. The van der Waals surface area contributed by atoms with E-state index < -0.39 is 33.8 Å². The fraction of sp³-hybridized carbons (Fsp3) is 0.438. The van der Waals surface area contributed by atoms with Gasteiger partial charge in [0.05, 0.1) is 18.1 Å². The monoisotopic (exact) mass is 373 g/mol. The third-order valence-corrected chi connectivity index (χ3v) is 5.81. The number of rotatable bonds is 4. The van der Waals surface area contributed by atoms with Crippen LogP contribution in [0.1, 0.15) is 12.0 Å². The smallest absolute Gasteiger partial charge is 0.187 e. The van der Waals surface area contributed by atoms with Crippen molar-refractivity contribution in [3.8, 4) is 0 Å². The number of anilines is 1. The fourth-order valence-corrected chi connectivity index (χ4v) is 4.19. The van der Waals surface area contributed by atoms with E-state index in [9.17, 15) is 22.0 Å². The highest BCUT2D eigenvalue weighted by Crippen LogP contribution is 2.33. The van der Waals surface area contributed by atoms with E-state index in [-0.39, 0.29) is 42.3 Å². The first-order chi connectivity index (χ1) is 11.8. The normalized spacial score (nSPS) is 25.7. The average Bonchev–Trinajstić information content (AvgIpc) is 2.99. The lowest BCUT2D eigenvalue weighted by Gasteiger charge is -2.22. The van der Waals surface area contributed by atoms with Crippen molar-refractivity contribution in [2.75, 3.05) is 29.6 Å². The van der Waals surface area contributed by atoms with Gasteiger partial charge in [-0.15, -0.1) is 0 Å². The summed E-state index contributed by atoms with van der Waals surface area (Å²) in [7, 11) is -3.20. The van der Waals surface area contributed by atoms with Crippen LogP contribution in [-0.2, 0) is 19.4 Å². The number of carbonyl (C=O) groups excluding carboxylic acids is 1. The molecule has 0 bridgehead atoms. The van der Waals surface area contributed by atoms with Crippen LogP contribution in [0.4, 0.5) is 14.5 Å². The van der Waals surface area contributed by atoms with Gasteiger partial charge in [-0.05, 0) is 24.1 Å². The minimum atomic E-state index is -3.20. The van der Waals surface area contributed by atoms with Gasteiger partial charge < -0.3 is 14.7 Å². The number of hydrogen-bond donors (Lipinski definition) is 1. The van der Waals surface area contributed by atoms with Gasteiger partial charge >= 0.3 is 0 Å². The molecule has 1 aromatic rings.